The van der Waals surface area contributed by atoms with Crippen LogP contribution < -0.4 is 10.6 Å². The van der Waals surface area contributed by atoms with Gasteiger partial charge >= 0.3 is 0 Å². The van der Waals surface area contributed by atoms with E-state index in [1.807, 2.05) is 51.2 Å². The molecule has 2 atom stereocenters. The van der Waals surface area contributed by atoms with Gasteiger partial charge in [0.25, 0.3) is 0 Å². The average molecular weight is 220 g/mol. The summed E-state index contributed by atoms with van der Waals surface area (Å²) in [5, 5.41) is 6.00. The first-order chi connectivity index (χ1) is 7.65. The van der Waals surface area contributed by atoms with E-state index in [9.17, 15) is 4.79 Å². The maximum absolute atomic E-state index is 11.8. The van der Waals surface area contributed by atoms with Crippen molar-refractivity contribution < 1.29 is 4.79 Å². The molecular formula is C13H20N2O. The molecule has 0 saturated heterocycles. The Morgan fingerprint density at radius 3 is 2.44 bits per heavy atom. The maximum Gasteiger partial charge on any atom is 0.224 e. The zero-order valence-corrected chi connectivity index (χ0v) is 10.2. The number of amides is 1. The van der Waals surface area contributed by atoms with Crippen LogP contribution in [0.15, 0.2) is 30.3 Å². The number of nitrogens with one attached hydrogen (secondary N) is 2. The van der Waals surface area contributed by atoms with Gasteiger partial charge in [0.05, 0.1) is 6.04 Å². The zero-order valence-electron chi connectivity index (χ0n) is 10.2. The van der Waals surface area contributed by atoms with Crippen LogP contribution in [-0.4, -0.2) is 19.5 Å². The molecule has 0 aliphatic carbocycles. The Morgan fingerprint density at radius 1 is 1.25 bits per heavy atom. The molecule has 88 valence electrons. The lowest BCUT2D eigenvalue weighted by atomic mass is 10.1. The average Bonchev–Trinajstić information content (AvgIpc) is 2.30. The zero-order chi connectivity index (χ0) is 12.0. The van der Waals surface area contributed by atoms with Gasteiger partial charge in [-0.25, -0.2) is 0 Å². The Kier molecular flexibility index (Phi) is 4.99. The van der Waals surface area contributed by atoms with Crippen molar-refractivity contribution in [3.8, 4) is 0 Å². The summed E-state index contributed by atoms with van der Waals surface area (Å²) in [5.41, 5.74) is 1.13. The summed E-state index contributed by atoms with van der Waals surface area (Å²) in [6.45, 7) is 4.62. The van der Waals surface area contributed by atoms with E-state index < -0.39 is 0 Å². The Balaban J connectivity index is 2.51. The molecule has 3 heteroatoms. The van der Waals surface area contributed by atoms with Gasteiger partial charge in [-0.3, -0.25) is 4.79 Å². The van der Waals surface area contributed by atoms with Crippen LogP contribution in [0.4, 0.5) is 0 Å². The standard InChI is InChI=1S/C13H20N2O/c1-10(9-14-3)13(16)15-11(2)12-7-5-4-6-8-12/h4-8,10-11,14H,9H2,1-3H3,(H,15,16)/t10?,11-/m0/s1. The van der Waals surface area contributed by atoms with Crippen molar-refractivity contribution in [2.45, 2.75) is 19.9 Å². The number of benzene rings is 1. The largest absolute Gasteiger partial charge is 0.349 e. The van der Waals surface area contributed by atoms with Crippen LogP contribution in [0.25, 0.3) is 0 Å². The molecular weight excluding hydrogens is 200 g/mol. The second-order valence-corrected chi connectivity index (χ2v) is 4.10. The molecule has 0 saturated carbocycles. The minimum atomic E-state index is -0.00355. The van der Waals surface area contributed by atoms with Crippen LogP contribution in [0, 0.1) is 5.92 Å². The van der Waals surface area contributed by atoms with Crippen LogP contribution in [0.2, 0.25) is 0 Å². The molecule has 0 heterocycles. The third-order valence-corrected chi connectivity index (χ3v) is 2.62. The fourth-order valence-corrected chi connectivity index (χ4v) is 1.58. The van der Waals surface area contributed by atoms with E-state index in [0.29, 0.717) is 6.54 Å². The van der Waals surface area contributed by atoms with Crippen molar-refractivity contribution in [2.75, 3.05) is 13.6 Å². The second-order valence-electron chi connectivity index (χ2n) is 4.10. The van der Waals surface area contributed by atoms with Gasteiger partial charge in [-0.2, -0.15) is 0 Å². The molecule has 0 spiro atoms. The summed E-state index contributed by atoms with van der Waals surface area (Å²) in [7, 11) is 1.85. The van der Waals surface area contributed by atoms with E-state index in [1.165, 1.54) is 0 Å². The third-order valence-electron chi connectivity index (χ3n) is 2.62. The van der Waals surface area contributed by atoms with Crippen molar-refractivity contribution in [1.29, 1.82) is 0 Å². The topological polar surface area (TPSA) is 41.1 Å². The molecule has 3 nitrogen and oxygen atoms in total. The molecule has 1 amide bonds. The molecule has 1 aromatic rings. The van der Waals surface area contributed by atoms with E-state index >= 15 is 0 Å². The van der Waals surface area contributed by atoms with Gasteiger partial charge in [-0.05, 0) is 19.5 Å². The minimum absolute atomic E-state index is 0.00355. The fourth-order valence-electron chi connectivity index (χ4n) is 1.58. The Labute approximate surface area is 97.2 Å². The first-order valence-corrected chi connectivity index (χ1v) is 5.65. The van der Waals surface area contributed by atoms with Crippen LogP contribution in [0.5, 0.6) is 0 Å². The molecule has 1 aromatic carbocycles. The van der Waals surface area contributed by atoms with E-state index in [0.717, 1.165) is 5.56 Å². The SMILES string of the molecule is CNCC(C)C(=O)N[C@@H](C)c1ccccc1. The normalized spacial score (nSPS) is 14.2. The van der Waals surface area contributed by atoms with Crippen molar-refractivity contribution in [3.05, 3.63) is 35.9 Å². The van der Waals surface area contributed by atoms with E-state index in [2.05, 4.69) is 10.6 Å². The van der Waals surface area contributed by atoms with E-state index in [4.69, 9.17) is 0 Å². The quantitative estimate of drug-likeness (QED) is 0.793. The van der Waals surface area contributed by atoms with E-state index in [-0.39, 0.29) is 17.9 Å². The smallest absolute Gasteiger partial charge is 0.224 e. The molecule has 2 N–H and O–H groups in total. The molecule has 1 rings (SSSR count). The van der Waals surface area contributed by atoms with Gasteiger partial charge in [-0.1, -0.05) is 37.3 Å². The number of rotatable bonds is 5. The van der Waals surface area contributed by atoms with Crippen LogP contribution >= 0.6 is 0 Å². The lowest BCUT2D eigenvalue weighted by Crippen LogP contribution is -2.35. The summed E-state index contributed by atoms with van der Waals surface area (Å²) >= 11 is 0. The highest BCUT2D eigenvalue weighted by atomic mass is 16.1. The highest BCUT2D eigenvalue weighted by Gasteiger charge is 2.14. The summed E-state index contributed by atoms with van der Waals surface area (Å²) in [5.74, 6) is 0.0851. The highest BCUT2D eigenvalue weighted by Crippen LogP contribution is 2.11. The molecule has 16 heavy (non-hydrogen) atoms. The van der Waals surface area contributed by atoms with Gasteiger partial charge in [-0.15, -0.1) is 0 Å². The summed E-state index contributed by atoms with van der Waals surface area (Å²) < 4.78 is 0. The molecule has 1 unspecified atom stereocenters. The molecule has 0 fully saturated rings. The molecule has 0 aliphatic rings. The molecule has 0 aromatic heterocycles. The van der Waals surface area contributed by atoms with Crippen molar-refractivity contribution >= 4 is 5.91 Å². The van der Waals surface area contributed by atoms with Gasteiger partial charge in [0.2, 0.25) is 5.91 Å². The van der Waals surface area contributed by atoms with Crippen molar-refractivity contribution in [1.82, 2.24) is 10.6 Å². The molecule has 0 bridgehead atoms. The first kappa shape index (κ1) is 12.7. The van der Waals surface area contributed by atoms with Crippen LogP contribution in [0.3, 0.4) is 0 Å². The van der Waals surface area contributed by atoms with Crippen LogP contribution in [-0.2, 0) is 4.79 Å². The third kappa shape index (κ3) is 3.66. The van der Waals surface area contributed by atoms with Crippen molar-refractivity contribution in [2.24, 2.45) is 5.92 Å². The second kappa shape index (κ2) is 6.28. The monoisotopic (exact) mass is 220 g/mol. The molecule has 0 radical (unpaired) electrons. The summed E-state index contributed by atoms with van der Waals surface area (Å²) in [4.78, 5) is 11.8. The van der Waals surface area contributed by atoms with Gasteiger partial charge in [0.15, 0.2) is 0 Å². The number of hydrogen-bond acceptors (Lipinski definition) is 2. The van der Waals surface area contributed by atoms with Gasteiger partial charge < -0.3 is 10.6 Å². The summed E-state index contributed by atoms with van der Waals surface area (Å²) in [6.07, 6.45) is 0. The fraction of sp³-hybridized carbons (Fsp3) is 0.462. The predicted molar refractivity (Wildman–Crippen MR) is 66.1 cm³/mol. The van der Waals surface area contributed by atoms with Crippen LogP contribution in [0.1, 0.15) is 25.5 Å². The predicted octanol–water partition coefficient (Wildman–Crippen LogP) is 1.72. The van der Waals surface area contributed by atoms with E-state index in [1.54, 1.807) is 0 Å². The summed E-state index contributed by atoms with van der Waals surface area (Å²) in [6, 6.07) is 10.0. The molecule has 0 aliphatic heterocycles. The number of carbonyl (C=O) groups excluding carboxylic acids is 1. The lowest BCUT2D eigenvalue weighted by molar-refractivity contribution is -0.125. The van der Waals surface area contributed by atoms with Gasteiger partial charge in [0, 0.05) is 12.5 Å². The Bertz CT molecular complexity index is 324. The number of carbonyl (C=O) groups is 1. The number of hydrogen-bond donors (Lipinski definition) is 2. The van der Waals surface area contributed by atoms with Crippen molar-refractivity contribution in [3.63, 3.8) is 0 Å². The minimum Gasteiger partial charge on any atom is -0.349 e. The Morgan fingerprint density at radius 2 is 1.88 bits per heavy atom. The lowest BCUT2D eigenvalue weighted by Gasteiger charge is -2.17. The first-order valence-electron chi connectivity index (χ1n) is 5.65. The highest BCUT2D eigenvalue weighted by molar-refractivity contribution is 5.78. The van der Waals surface area contributed by atoms with Gasteiger partial charge in [0.1, 0.15) is 0 Å². The Hall–Kier alpha value is -1.35. The maximum atomic E-state index is 11.8.